The molecule has 7 heteroatoms. The summed E-state index contributed by atoms with van der Waals surface area (Å²) in [5.41, 5.74) is 0.884. The first-order chi connectivity index (χ1) is 12.1. The second-order valence-electron chi connectivity index (χ2n) is 6.23. The zero-order valence-electron chi connectivity index (χ0n) is 15.1. The van der Waals surface area contributed by atoms with E-state index in [1.54, 1.807) is 7.05 Å². The second-order valence-corrected chi connectivity index (χ2v) is 6.67. The van der Waals surface area contributed by atoms with Gasteiger partial charge in [-0.05, 0) is 43.0 Å². The van der Waals surface area contributed by atoms with E-state index >= 15 is 0 Å². The third kappa shape index (κ3) is 6.74. The fourth-order valence-electron chi connectivity index (χ4n) is 2.30. The van der Waals surface area contributed by atoms with Gasteiger partial charge in [0.25, 0.3) is 0 Å². The van der Waals surface area contributed by atoms with Crippen LogP contribution >= 0.6 is 11.6 Å². The minimum Gasteiger partial charge on any atom is -0.356 e. The van der Waals surface area contributed by atoms with Crippen LogP contribution in [0.3, 0.4) is 0 Å². The van der Waals surface area contributed by atoms with Crippen LogP contribution in [0.4, 0.5) is 0 Å². The van der Waals surface area contributed by atoms with Crippen LogP contribution in [0.5, 0.6) is 0 Å². The summed E-state index contributed by atoms with van der Waals surface area (Å²) in [4.78, 5) is 8.62. The molecule has 0 saturated heterocycles. The molecule has 2 N–H and O–H groups in total. The Morgan fingerprint density at radius 3 is 2.60 bits per heavy atom. The Hall–Kier alpha value is -2.08. The van der Waals surface area contributed by atoms with Gasteiger partial charge in [-0.15, -0.1) is 0 Å². The largest absolute Gasteiger partial charge is 0.356 e. The highest BCUT2D eigenvalue weighted by molar-refractivity contribution is 6.30. The van der Waals surface area contributed by atoms with Gasteiger partial charge in [0.15, 0.2) is 5.96 Å². The maximum atomic E-state index is 5.89. The lowest BCUT2D eigenvalue weighted by molar-refractivity contribution is 0.378. The van der Waals surface area contributed by atoms with Gasteiger partial charge in [-0.25, -0.2) is 0 Å². The maximum absolute atomic E-state index is 5.89. The Morgan fingerprint density at radius 2 is 1.92 bits per heavy atom. The molecule has 0 amide bonds. The fraction of sp³-hybridized carbons (Fsp3) is 0.500. The van der Waals surface area contributed by atoms with E-state index in [9.17, 15) is 0 Å². The van der Waals surface area contributed by atoms with Gasteiger partial charge in [0, 0.05) is 37.1 Å². The van der Waals surface area contributed by atoms with Crippen molar-refractivity contribution in [1.29, 1.82) is 0 Å². The van der Waals surface area contributed by atoms with E-state index in [-0.39, 0.29) is 0 Å². The van der Waals surface area contributed by atoms with Crippen LogP contribution < -0.4 is 10.6 Å². The summed E-state index contributed by atoms with van der Waals surface area (Å²) in [5.74, 6) is 2.68. The van der Waals surface area contributed by atoms with E-state index in [1.807, 2.05) is 24.3 Å². The Bertz CT molecular complexity index is 666. The number of halogens is 1. The Morgan fingerprint density at radius 1 is 1.20 bits per heavy atom. The number of nitrogens with one attached hydrogen (secondary N) is 2. The molecule has 0 aliphatic rings. The summed E-state index contributed by atoms with van der Waals surface area (Å²) in [6.45, 7) is 6.05. The van der Waals surface area contributed by atoms with Crippen LogP contribution in [-0.2, 0) is 6.42 Å². The van der Waals surface area contributed by atoms with Crippen molar-refractivity contribution in [1.82, 2.24) is 20.8 Å². The first-order valence-electron chi connectivity index (χ1n) is 8.61. The van der Waals surface area contributed by atoms with E-state index < -0.39 is 0 Å². The molecule has 2 aromatic rings. The number of nitrogens with zero attached hydrogens (tertiary/aromatic N) is 3. The molecule has 0 atom stereocenters. The number of aliphatic imine (C=N–C) groups is 1. The minimum atomic E-state index is 0.572. The van der Waals surface area contributed by atoms with Crippen molar-refractivity contribution in [2.24, 2.45) is 10.9 Å². The van der Waals surface area contributed by atoms with Crippen molar-refractivity contribution in [3.63, 3.8) is 0 Å². The predicted octanol–water partition coefficient (Wildman–Crippen LogP) is 3.53. The van der Waals surface area contributed by atoms with Crippen LogP contribution in [0.15, 0.2) is 33.8 Å². The standard InChI is InChI=1S/C18H26ClN5O/c1-13(2)5-4-11-21-18(20-3)22-12-10-16-23-17(24-25-16)14-6-8-15(19)9-7-14/h6-9,13H,4-5,10-12H2,1-3H3,(H2,20,21,22). The number of aromatic nitrogens is 2. The molecule has 25 heavy (non-hydrogen) atoms. The molecular formula is C18H26ClN5O. The lowest BCUT2D eigenvalue weighted by atomic mass is 10.1. The van der Waals surface area contributed by atoms with Crippen molar-refractivity contribution in [3.05, 3.63) is 35.2 Å². The zero-order valence-corrected chi connectivity index (χ0v) is 15.8. The SMILES string of the molecule is CN=C(NCCCC(C)C)NCCc1nc(-c2ccc(Cl)cc2)no1. The molecule has 1 aromatic carbocycles. The molecule has 0 fully saturated rings. The van der Waals surface area contributed by atoms with Gasteiger partial charge in [0.1, 0.15) is 0 Å². The molecular weight excluding hydrogens is 338 g/mol. The summed E-state index contributed by atoms with van der Waals surface area (Å²) in [6, 6.07) is 7.36. The molecule has 0 saturated carbocycles. The molecule has 0 unspecified atom stereocenters. The van der Waals surface area contributed by atoms with Crippen molar-refractivity contribution in [2.75, 3.05) is 20.1 Å². The highest BCUT2D eigenvalue weighted by Gasteiger charge is 2.08. The number of guanidine groups is 1. The summed E-state index contributed by atoms with van der Waals surface area (Å²) < 4.78 is 5.30. The molecule has 0 radical (unpaired) electrons. The maximum Gasteiger partial charge on any atom is 0.228 e. The van der Waals surface area contributed by atoms with Crippen LogP contribution in [0.25, 0.3) is 11.4 Å². The van der Waals surface area contributed by atoms with E-state index in [4.69, 9.17) is 16.1 Å². The first kappa shape index (κ1) is 19.2. The summed E-state index contributed by atoms with van der Waals surface area (Å²) in [6.07, 6.45) is 2.97. The molecule has 0 aliphatic heterocycles. The van der Waals surface area contributed by atoms with E-state index in [0.29, 0.717) is 29.7 Å². The van der Waals surface area contributed by atoms with E-state index in [0.717, 1.165) is 30.4 Å². The van der Waals surface area contributed by atoms with Crippen molar-refractivity contribution >= 4 is 17.6 Å². The molecule has 0 aliphatic carbocycles. The van der Waals surface area contributed by atoms with Crippen LogP contribution in [0.1, 0.15) is 32.6 Å². The molecule has 1 heterocycles. The highest BCUT2D eigenvalue weighted by Crippen LogP contribution is 2.18. The Balaban J connectivity index is 1.75. The lowest BCUT2D eigenvalue weighted by Gasteiger charge is -2.11. The number of hydrogen-bond donors (Lipinski definition) is 2. The van der Waals surface area contributed by atoms with E-state index in [1.165, 1.54) is 6.42 Å². The number of rotatable bonds is 8. The average Bonchev–Trinajstić information content (AvgIpc) is 3.06. The summed E-state index contributed by atoms with van der Waals surface area (Å²) >= 11 is 5.89. The molecule has 0 spiro atoms. The van der Waals surface area contributed by atoms with Crippen LogP contribution in [0, 0.1) is 5.92 Å². The van der Waals surface area contributed by atoms with Gasteiger partial charge in [-0.3, -0.25) is 4.99 Å². The minimum absolute atomic E-state index is 0.572. The summed E-state index contributed by atoms with van der Waals surface area (Å²) in [5, 5.41) is 11.3. The van der Waals surface area contributed by atoms with Crippen LogP contribution in [-0.4, -0.2) is 36.2 Å². The van der Waals surface area contributed by atoms with Gasteiger partial charge < -0.3 is 15.2 Å². The molecule has 1 aromatic heterocycles. The van der Waals surface area contributed by atoms with Gasteiger partial charge >= 0.3 is 0 Å². The van der Waals surface area contributed by atoms with Crippen molar-refractivity contribution in [3.8, 4) is 11.4 Å². The zero-order chi connectivity index (χ0) is 18.1. The molecule has 0 bridgehead atoms. The Kier molecular flexibility index (Phi) is 7.73. The monoisotopic (exact) mass is 363 g/mol. The van der Waals surface area contributed by atoms with Crippen molar-refractivity contribution < 1.29 is 4.52 Å². The number of benzene rings is 1. The van der Waals surface area contributed by atoms with Crippen molar-refractivity contribution in [2.45, 2.75) is 33.1 Å². The third-order valence-corrected chi connectivity index (χ3v) is 3.93. The third-order valence-electron chi connectivity index (χ3n) is 3.68. The average molecular weight is 364 g/mol. The smallest absolute Gasteiger partial charge is 0.228 e. The second kappa shape index (κ2) is 10.0. The van der Waals surface area contributed by atoms with Crippen LogP contribution in [0.2, 0.25) is 5.02 Å². The summed E-state index contributed by atoms with van der Waals surface area (Å²) in [7, 11) is 1.77. The number of hydrogen-bond acceptors (Lipinski definition) is 4. The quantitative estimate of drug-likeness (QED) is 0.426. The van der Waals surface area contributed by atoms with Gasteiger partial charge in [-0.2, -0.15) is 4.98 Å². The first-order valence-corrected chi connectivity index (χ1v) is 8.99. The molecule has 136 valence electrons. The lowest BCUT2D eigenvalue weighted by Crippen LogP contribution is -2.38. The highest BCUT2D eigenvalue weighted by atomic mass is 35.5. The molecule has 2 rings (SSSR count). The normalized spacial score (nSPS) is 11.8. The van der Waals surface area contributed by atoms with Gasteiger partial charge in [-0.1, -0.05) is 30.6 Å². The predicted molar refractivity (Wildman–Crippen MR) is 102 cm³/mol. The topological polar surface area (TPSA) is 75.3 Å². The Labute approximate surface area is 154 Å². The fourth-order valence-corrected chi connectivity index (χ4v) is 2.42. The van der Waals surface area contributed by atoms with Gasteiger partial charge in [0.05, 0.1) is 0 Å². The van der Waals surface area contributed by atoms with Gasteiger partial charge in [0.2, 0.25) is 11.7 Å². The van der Waals surface area contributed by atoms with E-state index in [2.05, 4.69) is 39.6 Å². The molecule has 6 nitrogen and oxygen atoms in total.